The highest BCUT2D eigenvalue weighted by Crippen LogP contribution is 2.32. The van der Waals surface area contributed by atoms with E-state index in [0.717, 1.165) is 11.2 Å². The Kier molecular flexibility index (Phi) is 3.70. The quantitative estimate of drug-likeness (QED) is 0.644. The predicted octanol–water partition coefficient (Wildman–Crippen LogP) is 2.52. The first kappa shape index (κ1) is 13.7. The average molecular weight is 308 g/mol. The summed E-state index contributed by atoms with van der Waals surface area (Å²) in [6.07, 6.45) is 1.75. The number of aromatic nitrogens is 1. The van der Waals surface area contributed by atoms with Gasteiger partial charge in [0.1, 0.15) is 5.69 Å². The van der Waals surface area contributed by atoms with Crippen molar-refractivity contribution in [2.45, 2.75) is 0 Å². The van der Waals surface area contributed by atoms with Crippen LogP contribution in [0.5, 0.6) is 0 Å². The fraction of sp³-hybridized carbons (Fsp3) is 0.308. The van der Waals surface area contributed by atoms with Crippen molar-refractivity contribution in [2.24, 2.45) is 0 Å². The lowest BCUT2D eigenvalue weighted by Gasteiger charge is -2.35. The molecular formula is C13H13FN4O2S. The highest BCUT2D eigenvalue weighted by atomic mass is 32.1. The van der Waals surface area contributed by atoms with Crippen LogP contribution in [-0.2, 0) is 0 Å². The Hall–Kier alpha value is -2.22. The first-order chi connectivity index (χ1) is 10.2. The van der Waals surface area contributed by atoms with E-state index >= 15 is 0 Å². The van der Waals surface area contributed by atoms with Gasteiger partial charge in [0, 0.05) is 37.8 Å². The van der Waals surface area contributed by atoms with Crippen LogP contribution in [0.15, 0.2) is 29.8 Å². The monoisotopic (exact) mass is 308 g/mol. The maximum Gasteiger partial charge on any atom is 0.327 e. The molecule has 0 radical (unpaired) electrons. The van der Waals surface area contributed by atoms with E-state index in [1.54, 1.807) is 23.6 Å². The van der Waals surface area contributed by atoms with E-state index in [4.69, 9.17) is 0 Å². The van der Waals surface area contributed by atoms with Crippen LogP contribution in [-0.4, -0.2) is 36.1 Å². The Morgan fingerprint density at radius 3 is 2.57 bits per heavy atom. The van der Waals surface area contributed by atoms with Gasteiger partial charge in [-0.05, 0) is 12.1 Å². The lowest BCUT2D eigenvalue weighted by molar-refractivity contribution is -0.386. The van der Waals surface area contributed by atoms with Gasteiger partial charge in [0.05, 0.1) is 4.92 Å². The highest BCUT2D eigenvalue weighted by molar-refractivity contribution is 7.13. The number of piperazine rings is 1. The van der Waals surface area contributed by atoms with Gasteiger partial charge in [-0.25, -0.2) is 4.98 Å². The summed E-state index contributed by atoms with van der Waals surface area (Å²) in [5.41, 5.74) is -0.0982. The van der Waals surface area contributed by atoms with Gasteiger partial charge in [-0.3, -0.25) is 10.1 Å². The first-order valence-corrected chi connectivity index (χ1v) is 7.37. The number of hydrogen-bond donors (Lipinski definition) is 0. The lowest BCUT2D eigenvalue weighted by Crippen LogP contribution is -2.46. The molecule has 3 rings (SSSR count). The van der Waals surface area contributed by atoms with E-state index in [2.05, 4.69) is 9.88 Å². The Morgan fingerprint density at radius 2 is 1.95 bits per heavy atom. The Labute approximate surface area is 124 Å². The largest absolute Gasteiger partial charge is 0.362 e. The molecule has 1 fully saturated rings. The Morgan fingerprint density at radius 1 is 1.24 bits per heavy atom. The summed E-state index contributed by atoms with van der Waals surface area (Å²) in [7, 11) is 0. The predicted molar refractivity (Wildman–Crippen MR) is 79.6 cm³/mol. The summed E-state index contributed by atoms with van der Waals surface area (Å²) in [6, 6.07) is 4.22. The van der Waals surface area contributed by atoms with E-state index in [9.17, 15) is 14.5 Å². The number of benzene rings is 1. The van der Waals surface area contributed by atoms with Gasteiger partial charge < -0.3 is 9.80 Å². The molecule has 110 valence electrons. The normalized spacial score (nSPS) is 15.3. The third-order valence-corrected chi connectivity index (χ3v) is 4.29. The lowest BCUT2D eigenvalue weighted by atomic mass is 10.2. The van der Waals surface area contributed by atoms with Crippen LogP contribution in [0, 0.1) is 15.9 Å². The van der Waals surface area contributed by atoms with Crippen LogP contribution in [0.3, 0.4) is 0 Å². The molecule has 0 atom stereocenters. The molecule has 0 spiro atoms. The van der Waals surface area contributed by atoms with Gasteiger partial charge in [-0.15, -0.1) is 11.3 Å². The molecule has 0 aliphatic carbocycles. The van der Waals surface area contributed by atoms with Gasteiger partial charge in [-0.1, -0.05) is 6.07 Å². The number of nitro benzene ring substituents is 1. The van der Waals surface area contributed by atoms with Crippen LogP contribution in [0.4, 0.5) is 20.9 Å². The number of halogens is 1. The molecule has 2 heterocycles. The fourth-order valence-corrected chi connectivity index (χ4v) is 3.15. The Bertz CT molecular complexity index is 642. The average Bonchev–Trinajstić information content (AvgIpc) is 3.01. The first-order valence-electron chi connectivity index (χ1n) is 6.49. The minimum Gasteiger partial charge on any atom is -0.362 e. The van der Waals surface area contributed by atoms with Crippen LogP contribution >= 0.6 is 11.3 Å². The SMILES string of the molecule is O=[N+]([O-])c1c(F)cccc1N1CCN(c2nccs2)CC1. The molecule has 1 aromatic carbocycles. The maximum atomic E-state index is 13.7. The van der Waals surface area contributed by atoms with Crippen LogP contribution < -0.4 is 9.80 Å². The molecule has 0 bridgehead atoms. The smallest absolute Gasteiger partial charge is 0.327 e. The van der Waals surface area contributed by atoms with Crippen molar-refractivity contribution in [2.75, 3.05) is 36.0 Å². The summed E-state index contributed by atoms with van der Waals surface area (Å²) in [6.45, 7) is 2.62. The van der Waals surface area contributed by atoms with E-state index in [0.29, 0.717) is 31.9 Å². The van der Waals surface area contributed by atoms with Gasteiger partial charge in [0.2, 0.25) is 5.82 Å². The number of thiazole rings is 1. The number of para-hydroxylation sites is 1. The minimum absolute atomic E-state index is 0.346. The molecule has 0 unspecified atom stereocenters. The van der Waals surface area contributed by atoms with E-state index in [-0.39, 0.29) is 0 Å². The van der Waals surface area contributed by atoms with Crippen LogP contribution in [0.2, 0.25) is 0 Å². The third-order valence-electron chi connectivity index (χ3n) is 3.46. The molecule has 1 aliphatic heterocycles. The van der Waals surface area contributed by atoms with Gasteiger partial charge >= 0.3 is 5.69 Å². The van der Waals surface area contributed by atoms with Crippen molar-refractivity contribution in [3.05, 3.63) is 45.7 Å². The maximum absolute atomic E-state index is 13.7. The van der Waals surface area contributed by atoms with Crippen LogP contribution in [0.25, 0.3) is 0 Å². The number of rotatable bonds is 3. The van der Waals surface area contributed by atoms with Gasteiger partial charge in [0.15, 0.2) is 5.13 Å². The molecule has 2 aromatic rings. The minimum atomic E-state index is -0.792. The summed E-state index contributed by atoms with van der Waals surface area (Å²) in [5.74, 6) is -0.792. The van der Waals surface area contributed by atoms with Gasteiger partial charge in [-0.2, -0.15) is 4.39 Å². The second kappa shape index (κ2) is 5.65. The summed E-state index contributed by atoms with van der Waals surface area (Å²) >= 11 is 1.57. The van der Waals surface area contributed by atoms with E-state index in [1.165, 1.54) is 6.07 Å². The molecule has 0 amide bonds. The summed E-state index contributed by atoms with van der Waals surface area (Å²) in [4.78, 5) is 18.6. The third kappa shape index (κ3) is 2.66. The topological polar surface area (TPSA) is 62.5 Å². The molecular weight excluding hydrogens is 295 g/mol. The number of anilines is 2. The molecule has 21 heavy (non-hydrogen) atoms. The molecule has 6 nitrogen and oxygen atoms in total. The number of nitro groups is 1. The molecule has 1 saturated heterocycles. The zero-order valence-electron chi connectivity index (χ0n) is 11.1. The zero-order valence-corrected chi connectivity index (χ0v) is 11.9. The molecule has 0 saturated carbocycles. The molecule has 1 aromatic heterocycles. The molecule has 1 aliphatic rings. The van der Waals surface area contributed by atoms with Crippen molar-refractivity contribution < 1.29 is 9.31 Å². The number of nitrogens with zero attached hydrogens (tertiary/aromatic N) is 4. The van der Waals surface area contributed by atoms with Crippen molar-refractivity contribution >= 4 is 27.8 Å². The standard InChI is InChI=1S/C13H13FN4O2S/c14-10-2-1-3-11(12(10)18(19)20)16-5-7-17(8-6-16)13-15-4-9-21-13/h1-4,9H,5-8H2. The van der Waals surface area contributed by atoms with E-state index in [1.807, 2.05) is 10.3 Å². The van der Waals surface area contributed by atoms with Crippen molar-refractivity contribution in [3.8, 4) is 0 Å². The van der Waals surface area contributed by atoms with E-state index < -0.39 is 16.4 Å². The summed E-state index contributed by atoms with van der Waals surface area (Å²) < 4.78 is 13.7. The second-order valence-electron chi connectivity index (χ2n) is 4.65. The highest BCUT2D eigenvalue weighted by Gasteiger charge is 2.27. The second-order valence-corrected chi connectivity index (χ2v) is 5.53. The van der Waals surface area contributed by atoms with Crippen LogP contribution in [0.1, 0.15) is 0 Å². The van der Waals surface area contributed by atoms with Crippen molar-refractivity contribution in [3.63, 3.8) is 0 Å². The fourth-order valence-electron chi connectivity index (χ4n) is 2.45. The number of hydrogen-bond acceptors (Lipinski definition) is 6. The zero-order chi connectivity index (χ0) is 14.8. The van der Waals surface area contributed by atoms with Crippen molar-refractivity contribution in [1.82, 2.24) is 4.98 Å². The molecule has 0 N–H and O–H groups in total. The van der Waals surface area contributed by atoms with Crippen molar-refractivity contribution in [1.29, 1.82) is 0 Å². The molecule has 8 heteroatoms. The van der Waals surface area contributed by atoms with Gasteiger partial charge in [0.25, 0.3) is 0 Å². The Balaban J connectivity index is 1.78. The summed E-state index contributed by atoms with van der Waals surface area (Å²) in [5, 5.41) is 13.9.